The molecular weight excluding hydrogens is 399 g/mol. The summed E-state index contributed by atoms with van der Waals surface area (Å²) < 4.78 is 28.0. The highest BCUT2D eigenvalue weighted by Crippen LogP contribution is 2.68. The molecule has 6 heteroatoms. The first-order chi connectivity index (χ1) is 13.0. The molecule has 2 aromatic carbocycles. The second kappa shape index (κ2) is 8.04. The van der Waals surface area contributed by atoms with Crippen LogP contribution >= 0.6 is 7.37 Å². The zero-order chi connectivity index (χ0) is 20.6. The molecule has 0 aromatic heterocycles. The third-order valence-corrected chi connectivity index (χ3v) is 11.7. The molecule has 3 rings (SSSR count). The van der Waals surface area contributed by atoms with E-state index in [4.69, 9.17) is 8.64 Å². The summed E-state index contributed by atoms with van der Waals surface area (Å²) in [7, 11) is -7.14. The lowest BCUT2D eigenvalue weighted by Gasteiger charge is -2.39. The molecule has 1 aliphatic rings. The predicted octanol–water partition coefficient (Wildman–Crippen LogP) is 6.83. The summed E-state index contributed by atoms with van der Waals surface area (Å²) in [5.74, 6) is -0.494. The highest BCUT2D eigenvalue weighted by molar-refractivity contribution is 7.61. The minimum Gasteiger partial charge on any atom is -0.402 e. The summed E-state index contributed by atoms with van der Waals surface area (Å²) in [4.78, 5) is 0. The average molecular weight is 433 g/mol. The van der Waals surface area contributed by atoms with E-state index in [0.717, 1.165) is 18.4 Å². The van der Waals surface area contributed by atoms with E-state index >= 15 is 0 Å². The Bertz CT molecular complexity index is 831. The van der Waals surface area contributed by atoms with Gasteiger partial charge in [0.1, 0.15) is 5.85 Å². The monoisotopic (exact) mass is 432 g/mol. The van der Waals surface area contributed by atoms with Gasteiger partial charge in [-0.1, -0.05) is 54.6 Å². The van der Waals surface area contributed by atoms with E-state index in [9.17, 15) is 4.57 Å². The molecule has 0 saturated carbocycles. The average Bonchev–Trinajstić information content (AvgIpc) is 3.03. The Morgan fingerprint density at radius 3 is 1.79 bits per heavy atom. The van der Waals surface area contributed by atoms with Crippen LogP contribution in [0.25, 0.3) is 0 Å². The lowest BCUT2D eigenvalue weighted by Crippen LogP contribution is -2.34. The van der Waals surface area contributed by atoms with E-state index in [1.165, 1.54) is 11.1 Å². The number of rotatable bonds is 7. The second-order valence-corrected chi connectivity index (χ2v) is 21.6. The molecular formula is C22H33O3PSi2. The van der Waals surface area contributed by atoms with E-state index in [-0.39, 0.29) is 5.66 Å². The third-order valence-electron chi connectivity index (χ3n) is 4.83. The molecule has 3 nitrogen and oxygen atoms in total. The van der Waals surface area contributed by atoms with Crippen LogP contribution in [0.2, 0.25) is 39.3 Å². The molecule has 0 spiro atoms. The molecule has 1 aliphatic carbocycles. The van der Waals surface area contributed by atoms with Crippen molar-refractivity contribution in [3.05, 3.63) is 71.3 Å². The fourth-order valence-corrected chi connectivity index (χ4v) is 12.5. The molecule has 0 N–H and O–H groups in total. The summed E-state index contributed by atoms with van der Waals surface area (Å²) >= 11 is 0. The maximum Gasteiger partial charge on any atom is 0.228 e. The number of benzene rings is 2. The summed E-state index contributed by atoms with van der Waals surface area (Å²) in [6, 6.07) is 18.5. The largest absolute Gasteiger partial charge is 0.402 e. The van der Waals surface area contributed by atoms with Crippen LogP contribution in [-0.2, 0) is 26.0 Å². The fourth-order valence-electron chi connectivity index (χ4n) is 3.83. The van der Waals surface area contributed by atoms with Gasteiger partial charge in [0, 0.05) is 5.66 Å². The first kappa shape index (κ1) is 21.7. The standard InChI is InChI=1S/C22H33O3PSi2/c1-27(2,3)24-22(18-12-8-7-9-13-18)26(23,25-28(4,5)6)21-16-19-14-10-11-15-20(19)17-21/h7-15,21-22H,16-17H2,1-6H3. The quantitative estimate of drug-likeness (QED) is 0.355. The molecule has 28 heavy (non-hydrogen) atoms. The fraction of sp³-hybridized carbons (Fsp3) is 0.455. The van der Waals surface area contributed by atoms with E-state index in [0.29, 0.717) is 0 Å². The van der Waals surface area contributed by atoms with Crippen molar-refractivity contribution in [1.82, 2.24) is 0 Å². The molecule has 2 atom stereocenters. The Labute approximate surface area is 172 Å². The summed E-state index contributed by atoms with van der Waals surface area (Å²) in [5, 5.41) is 0. The smallest absolute Gasteiger partial charge is 0.228 e. The van der Waals surface area contributed by atoms with Gasteiger partial charge in [-0.15, -0.1) is 0 Å². The molecule has 0 radical (unpaired) electrons. The van der Waals surface area contributed by atoms with E-state index < -0.39 is 29.8 Å². The normalized spacial score (nSPS) is 18.5. The molecule has 0 fully saturated rings. The van der Waals surface area contributed by atoms with Crippen molar-refractivity contribution in [2.45, 2.75) is 63.6 Å². The van der Waals surface area contributed by atoms with Gasteiger partial charge in [0.2, 0.25) is 7.37 Å². The van der Waals surface area contributed by atoms with Crippen molar-refractivity contribution in [3.8, 4) is 0 Å². The van der Waals surface area contributed by atoms with Crippen molar-refractivity contribution in [2.24, 2.45) is 0 Å². The van der Waals surface area contributed by atoms with Crippen LogP contribution in [-0.4, -0.2) is 22.3 Å². The molecule has 0 amide bonds. The van der Waals surface area contributed by atoms with Gasteiger partial charge in [-0.3, -0.25) is 4.57 Å². The topological polar surface area (TPSA) is 35.5 Å². The lowest BCUT2D eigenvalue weighted by molar-refractivity contribution is 0.250. The summed E-state index contributed by atoms with van der Waals surface area (Å²) in [6.45, 7) is 12.8. The summed E-state index contributed by atoms with van der Waals surface area (Å²) in [6.07, 6.45) is 1.60. The molecule has 0 bridgehead atoms. The first-order valence-corrected chi connectivity index (χ1v) is 18.7. The second-order valence-electron chi connectivity index (χ2n) is 9.67. The van der Waals surface area contributed by atoms with Crippen LogP contribution in [0.5, 0.6) is 0 Å². The third kappa shape index (κ3) is 5.14. The Kier molecular flexibility index (Phi) is 6.24. The highest BCUT2D eigenvalue weighted by atomic mass is 31.2. The van der Waals surface area contributed by atoms with Gasteiger partial charge in [-0.25, -0.2) is 0 Å². The zero-order valence-corrected chi connectivity index (χ0v) is 20.8. The molecule has 152 valence electrons. The van der Waals surface area contributed by atoms with Gasteiger partial charge in [0.05, 0.1) is 0 Å². The molecule has 0 heterocycles. The molecule has 0 saturated heterocycles. The van der Waals surface area contributed by atoms with Gasteiger partial charge < -0.3 is 8.64 Å². The van der Waals surface area contributed by atoms with Gasteiger partial charge >= 0.3 is 0 Å². The molecule has 2 unspecified atom stereocenters. The minimum atomic E-state index is -3.13. The van der Waals surface area contributed by atoms with E-state index in [1.54, 1.807) is 0 Å². The highest BCUT2D eigenvalue weighted by Gasteiger charge is 2.49. The van der Waals surface area contributed by atoms with Crippen LogP contribution in [0.1, 0.15) is 22.5 Å². The Morgan fingerprint density at radius 1 is 0.821 bits per heavy atom. The number of fused-ring (bicyclic) bond motifs is 1. The number of hydrogen-bond acceptors (Lipinski definition) is 3. The van der Waals surface area contributed by atoms with Crippen molar-refractivity contribution in [3.63, 3.8) is 0 Å². The van der Waals surface area contributed by atoms with Crippen molar-refractivity contribution >= 4 is 24.0 Å². The summed E-state index contributed by atoms with van der Waals surface area (Å²) in [5.41, 5.74) is 3.54. The Balaban J connectivity index is 2.07. The van der Waals surface area contributed by atoms with Crippen LogP contribution in [0, 0.1) is 0 Å². The van der Waals surface area contributed by atoms with Gasteiger partial charge in [0.25, 0.3) is 0 Å². The lowest BCUT2D eigenvalue weighted by atomic mass is 10.1. The van der Waals surface area contributed by atoms with Crippen LogP contribution in [0.15, 0.2) is 54.6 Å². The first-order valence-electron chi connectivity index (χ1n) is 10.1. The minimum absolute atomic E-state index is 0.0295. The van der Waals surface area contributed by atoms with Crippen LogP contribution in [0.3, 0.4) is 0 Å². The predicted molar refractivity (Wildman–Crippen MR) is 123 cm³/mol. The van der Waals surface area contributed by atoms with Crippen molar-refractivity contribution < 1.29 is 13.2 Å². The van der Waals surface area contributed by atoms with E-state index in [2.05, 4.69) is 63.5 Å². The van der Waals surface area contributed by atoms with E-state index in [1.807, 2.05) is 30.3 Å². The van der Waals surface area contributed by atoms with Gasteiger partial charge in [0.15, 0.2) is 16.6 Å². The SMILES string of the molecule is C[Si](C)(C)OC(c1ccccc1)P(=O)(O[Si](C)(C)C)C1Cc2ccccc2C1. The Morgan fingerprint density at radius 2 is 1.32 bits per heavy atom. The maximum absolute atomic E-state index is 14.8. The molecule has 0 aliphatic heterocycles. The maximum atomic E-state index is 14.8. The van der Waals surface area contributed by atoms with Crippen molar-refractivity contribution in [2.75, 3.05) is 0 Å². The van der Waals surface area contributed by atoms with Crippen LogP contribution in [0.4, 0.5) is 0 Å². The Hall–Kier alpha value is -0.976. The van der Waals surface area contributed by atoms with Gasteiger partial charge in [-0.05, 0) is 68.8 Å². The van der Waals surface area contributed by atoms with Crippen LogP contribution < -0.4 is 0 Å². The van der Waals surface area contributed by atoms with Gasteiger partial charge in [-0.2, -0.15) is 0 Å². The number of hydrogen-bond donors (Lipinski definition) is 0. The zero-order valence-electron chi connectivity index (χ0n) is 17.9. The molecule has 2 aromatic rings. The van der Waals surface area contributed by atoms with Crippen molar-refractivity contribution in [1.29, 1.82) is 0 Å².